The van der Waals surface area contributed by atoms with Gasteiger partial charge in [0, 0.05) is 19.1 Å². The van der Waals surface area contributed by atoms with Gasteiger partial charge in [-0.25, -0.2) is 0 Å². The molecule has 0 spiro atoms. The van der Waals surface area contributed by atoms with E-state index in [1.807, 2.05) is 0 Å². The number of ketones is 1. The Balaban J connectivity index is 3.30. The number of rotatable bonds is 1. The number of pyridine rings is 1. The van der Waals surface area contributed by atoms with E-state index in [2.05, 4.69) is 4.98 Å². The molecule has 58 valence electrons. The predicted octanol–water partition coefficient (Wildman–Crippen LogP) is 0.717. The van der Waals surface area contributed by atoms with Crippen LogP contribution in [0.25, 0.3) is 0 Å². The van der Waals surface area contributed by atoms with Crippen LogP contribution in [0.3, 0.4) is 0 Å². The molecule has 0 radical (unpaired) electrons. The number of aromatic nitrogens is 1. The Labute approximate surface area is 61.9 Å². The zero-order valence-corrected chi connectivity index (χ0v) is 5.85. The van der Waals surface area contributed by atoms with Crippen molar-refractivity contribution in [2.75, 3.05) is 0 Å². The van der Waals surface area contributed by atoms with Crippen LogP contribution >= 0.6 is 0 Å². The molecule has 3 nitrogen and oxygen atoms in total. The van der Waals surface area contributed by atoms with Crippen molar-refractivity contribution in [3.63, 3.8) is 0 Å². The molecule has 0 saturated heterocycles. The van der Waals surface area contributed by atoms with Crippen LogP contribution in [0.2, 0.25) is 0 Å². The van der Waals surface area contributed by atoms with Gasteiger partial charge >= 0.3 is 0 Å². The fourth-order valence-corrected chi connectivity index (χ4v) is 0.699. The smallest absolute Gasteiger partial charge is 0.195 e. The minimum Gasteiger partial charge on any atom is -0.329 e. The van der Waals surface area contributed by atoms with E-state index in [-0.39, 0.29) is 11.5 Å². The van der Waals surface area contributed by atoms with Gasteiger partial charge in [0.1, 0.15) is 0 Å². The minimum atomic E-state index is -0.789. The first kappa shape index (κ1) is 7.65. The van der Waals surface area contributed by atoms with Gasteiger partial charge in [-0.2, -0.15) is 4.39 Å². The standard InChI is InChI=1S/C7H6FNO2/c1-4(10)6-2-5(11)3-7(8)9-6/h2-3H,1H3,(H,9,11). The highest BCUT2D eigenvalue weighted by Crippen LogP contribution is 1.93. The van der Waals surface area contributed by atoms with Crippen molar-refractivity contribution in [1.82, 2.24) is 4.98 Å². The Morgan fingerprint density at radius 3 is 2.64 bits per heavy atom. The van der Waals surface area contributed by atoms with Gasteiger partial charge in [0.2, 0.25) is 0 Å². The highest BCUT2D eigenvalue weighted by Gasteiger charge is 2.01. The fraction of sp³-hybridized carbons (Fsp3) is 0.143. The van der Waals surface area contributed by atoms with Gasteiger partial charge in [-0.15, -0.1) is 0 Å². The van der Waals surface area contributed by atoms with E-state index < -0.39 is 11.4 Å². The van der Waals surface area contributed by atoms with E-state index in [4.69, 9.17) is 0 Å². The van der Waals surface area contributed by atoms with Gasteiger partial charge in [0.15, 0.2) is 17.2 Å². The largest absolute Gasteiger partial charge is 0.329 e. The van der Waals surface area contributed by atoms with Crippen molar-refractivity contribution in [3.05, 3.63) is 34.0 Å². The number of hydrogen-bond acceptors (Lipinski definition) is 2. The van der Waals surface area contributed by atoms with Gasteiger partial charge in [0.25, 0.3) is 0 Å². The van der Waals surface area contributed by atoms with Gasteiger partial charge in [-0.1, -0.05) is 0 Å². The summed E-state index contributed by atoms with van der Waals surface area (Å²) in [5.41, 5.74) is -0.513. The summed E-state index contributed by atoms with van der Waals surface area (Å²) in [4.78, 5) is 23.3. The predicted molar refractivity (Wildman–Crippen MR) is 37.0 cm³/mol. The molecule has 0 aromatic carbocycles. The number of Topliss-reactive ketones (excluding diaryl/α,β-unsaturated/α-hetero) is 1. The molecule has 0 unspecified atom stereocenters. The third-order valence-electron chi connectivity index (χ3n) is 1.19. The summed E-state index contributed by atoms with van der Waals surface area (Å²) in [5, 5.41) is 0. The number of halogens is 1. The number of carbonyl (C=O) groups excluding carboxylic acids is 1. The normalized spacial score (nSPS) is 9.64. The van der Waals surface area contributed by atoms with Crippen molar-refractivity contribution in [3.8, 4) is 0 Å². The zero-order valence-electron chi connectivity index (χ0n) is 5.85. The molecular formula is C7H6FNO2. The van der Waals surface area contributed by atoms with Crippen LogP contribution in [0.15, 0.2) is 16.9 Å². The number of carbonyl (C=O) groups is 1. The molecule has 0 saturated carbocycles. The van der Waals surface area contributed by atoms with Gasteiger partial charge in [0.05, 0.1) is 5.69 Å². The molecule has 11 heavy (non-hydrogen) atoms. The molecule has 1 rings (SSSR count). The van der Waals surface area contributed by atoms with E-state index in [9.17, 15) is 14.0 Å². The van der Waals surface area contributed by atoms with Gasteiger partial charge in [-0.3, -0.25) is 9.59 Å². The summed E-state index contributed by atoms with van der Waals surface area (Å²) >= 11 is 0. The van der Waals surface area contributed by atoms with Crippen molar-refractivity contribution in [1.29, 1.82) is 0 Å². The molecule has 0 aliphatic rings. The second kappa shape index (κ2) is 2.65. The molecule has 0 fully saturated rings. The van der Waals surface area contributed by atoms with Crippen LogP contribution in [0.1, 0.15) is 17.4 Å². The maximum absolute atomic E-state index is 12.4. The van der Waals surface area contributed by atoms with E-state index in [1.54, 1.807) is 0 Å². The average molecular weight is 155 g/mol. The number of H-pyrrole nitrogens is 1. The van der Waals surface area contributed by atoms with E-state index in [0.29, 0.717) is 0 Å². The summed E-state index contributed by atoms with van der Waals surface area (Å²) in [7, 11) is 0. The maximum atomic E-state index is 12.4. The summed E-state index contributed by atoms with van der Waals surface area (Å²) in [6, 6.07) is 1.85. The Bertz CT molecular complexity index is 343. The van der Waals surface area contributed by atoms with Crippen molar-refractivity contribution >= 4 is 5.78 Å². The topological polar surface area (TPSA) is 49.9 Å². The van der Waals surface area contributed by atoms with Gasteiger partial charge in [-0.05, 0) is 0 Å². The summed E-state index contributed by atoms with van der Waals surface area (Å²) in [6.07, 6.45) is 0. The monoisotopic (exact) mass is 155 g/mol. The second-order valence-corrected chi connectivity index (χ2v) is 2.13. The van der Waals surface area contributed by atoms with E-state index >= 15 is 0 Å². The maximum Gasteiger partial charge on any atom is 0.195 e. The Hall–Kier alpha value is -1.45. The molecule has 1 aromatic rings. The van der Waals surface area contributed by atoms with Crippen molar-refractivity contribution in [2.24, 2.45) is 0 Å². The summed E-state index contributed by atoms with van der Waals surface area (Å²) < 4.78 is 12.4. The van der Waals surface area contributed by atoms with Crippen molar-refractivity contribution in [2.45, 2.75) is 6.92 Å². The van der Waals surface area contributed by atoms with Gasteiger partial charge < -0.3 is 4.98 Å². The minimum absolute atomic E-state index is 0.00463. The van der Waals surface area contributed by atoms with Crippen LogP contribution in [0.4, 0.5) is 4.39 Å². The number of nitrogens with one attached hydrogen (secondary N) is 1. The first-order valence-electron chi connectivity index (χ1n) is 3.00. The van der Waals surface area contributed by atoms with Crippen molar-refractivity contribution < 1.29 is 9.18 Å². The molecule has 0 atom stereocenters. The number of aromatic amines is 1. The Morgan fingerprint density at radius 1 is 1.55 bits per heavy atom. The van der Waals surface area contributed by atoms with Crippen LogP contribution < -0.4 is 5.43 Å². The Kier molecular flexibility index (Phi) is 1.85. The van der Waals surface area contributed by atoms with Crippen LogP contribution in [-0.4, -0.2) is 10.8 Å². The lowest BCUT2D eigenvalue weighted by Crippen LogP contribution is -2.07. The van der Waals surface area contributed by atoms with Crippen LogP contribution in [-0.2, 0) is 0 Å². The quantitative estimate of drug-likeness (QED) is 0.479. The molecular weight excluding hydrogens is 149 g/mol. The second-order valence-electron chi connectivity index (χ2n) is 2.13. The molecule has 1 N–H and O–H groups in total. The van der Waals surface area contributed by atoms with E-state index in [0.717, 1.165) is 12.1 Å². The summed E-state index contributed by atoms with van der Waals surface area (Å²) in [6.45, 7) is 1.25. The molecule has 0 bridgehead atoms. The highest BCUT2D eigenvalue weighted by molar-refractivity contribution is 5.91. The average Bonchev–Trinajstić information content (AvgIpc) is 1.85. The number of hydrogen-bond donors (Lipinski definition) is 1. The fourth-order valence-electron chi connectivity index (χ4n) is 0.699. The zero-order chi connectivity index (χ0) is 8.43. The highest BCUT2D eigenvalue weighted by atomic mass is 19.1. The SMILES string of the molecule is CC(=O)c1cc(=O)cc(F)[nH]1. The first-order chi connectivity index (χ1) is 5.09. The van der Waals surface area contributed by atoms with Crippen LogP contribution in [0.5, 0.6) is 0 Å². The molecule has 1 aromatic heterocycles. The Morgan fingerprint density at radius 2 is 2.18 bits per heavy atom. The van der Waals surface area contributed by atoms with E-state index in [1.165, 1.54) is 6.92 Å². The molecule has 1 heterocycles. The molecule has 0 aliphatic carbocycles. The molecule has 0 amide bonds. The lowest BCUT2D eigenvalue weighted by Gasteiger charge is -1.93. The first-order valence-corrected chi connectivity index (χ1v) is 3.00. The molecule has 0 aliphatic heterocycles. The molecule has 4 heteroatoms. The third-order valence-corrected chi connectivity index (χ3v) is 1.19. The lowest BCUT2D eigenvalue weighted by molar-refractivity contribution is 0.101. The summed E-state index contributed by atoms with van der Waals surface area (Å²) in [5.74, 6) is -1.15. The lowest BCUT2D eigenvalue weighted by atomic mass is 10.3. The van der Waals surface area contributed by atoms with Crippen LogP contribution in [0, 0.1) is 5.95 Å². The third kappa shape index (κ3) is 1.73.